The van der Waals surface area contributed by atoms with Gasteiger partial charge in [-0.3, -0.25) is 4.79 Å². The van der Waals surface area contributed by atoms with Crippen LogP contribution in [0.15, 0.2) is 24.3 Å². The molecule has 3 atom stereocenters. The Bertz CT molecular complexity index is 338. The van der Waals surface area contributed by atoms with Crippen molar-refractivity contribution in [2.75, 3.05) is 0 Å². The molecule has 0 spiro atoms. The summed E-state index contributed by atoms with van der Waals surface area (Å²) in [6.07, 6.45) is -1.22. The maximum atomic E-state index is 11.8. The zero-order chi connectivity index (χ0) is 12.0. The summed E-state index contributed by atoms with van der Waals surface area (Å²) >= 11 is 0. The summed E-state index contributed by atoms with van der Waals surface area (Å²) in [5.41, 5.74) is -3.49. The van der Waals surface area contributed by atoms with Crippen LogP contribution >= 0.6 is 0 Å². The quantitative estimate of drug-likeness (QED) is 0.298. The number of Topliss-reactive ketones (excluding diaryl/α,β-unsaturated/α-hetero) is 1. The van der Waals surface area contributed by atoms with Gasteiger partial charge in [0.2, 0.25) is 0 Å². The smallest absolute Gasteiger partial charge is 0.196 e. The molecule has 0 aliphatic heterocycles. The van der Waals surface area contributed by atoms with Gasteiger partial charge in [-0.2, -0.15) is 0 Å². The molecule has 0 bridgehead atoms. The molecule has 1 rings (SSSR count). The fourth-order valence-corrected chi connectivity index (χ4v) is 1.63. The van der Waals surface area contributed by atoms with Gasteiger partial charge in [0.05, 0.1) is 11.7 Å². The topological polar surface area (TPSA) is 77.8 Å². The summed E-state index contributed by atoms with van der Waals surface area (Å²) in [7, 11) is 0. The van der Waals surface area contributed by atoms with E-state index < -0.39 is 23.1 Å². The van der Waals surface area contributed by atoms with Crippen molar-refractivity contribution < 1.29 is 20.1 Å². The van der Waals surface area contributed by atoms with Gasteiger partial charge in [-0.05, 0) is 19.4 Å². The molecule has 0 aromatic carbocycles. The third-order valence-corrected chi connectivity index (χ3v) is 2.98. The molecule has 1 aliphatic carbocycles. The SMILES string of the molecule is C=C1C(=O)C(C)(O)C(=C)C(O)CC1(C)O. The molecule has 0 radical (unpaired) electrons. The first-order valence-electron chi connectivity index (χ1n) is 4.67. The van der Waals surface area contributed by atoms with Gasteiger partial charge in [0.1, 0.15) is 5.60 Å². The van der Waals surface area contributed by atoms with Crippen LogP contribution in [0.3, 0.4) is 0 Å². The number of aliphatic hydroxyl groups is 3. The lowest BCUT2D eigenvalue weighted by Gasteiger charge is -2.24. The molecular formula is C11H16O4. The minimum atomic E-state index is -1.86. The lowest BCUT2D eigenvalue weighted by molar-refractivity contribution is -0.129. The van der Waals surface area contributed by atoms with E-state index in [4.69, 9.17) is 0 Å². The van der Waals surface area contributed by atoms with Crippen LogP contribution in [-0.2, 0) is 4.79 Å². The summed E-state index contributed by atoms with van der Waals surface area (Å²) in [5, 5.41) is 29.4. The zero-order valence-corrected chi connectivity index (χ0v) is 8.95. The van der Waals surface area contributed by atoms with Crippen molar-refractivity contribution in [1.29, 1.82) is 0 Å². The van der Waals surface area contributed by atoms with Crippen LogP contribution < -0.4 is 0 Å². The van der Waals surface area contributed by atoms with E-state index in [2.05, 4.69) is 13.2 Å². The molecule has 0 saturated heterocycles. The Balaban J connectivity index is 3.27. The maximum Gasteiger partial charge on any atom is 0.196 e. The molecule has 15 heavy (non-hydrogen) atoms. The monoisotopic (exact) mass is 212 g/mol. The van der Waals surface area contributed by atoms with E-state index >= 15 is 0 Å². The molecule has 4 nitrogen and oxygen atoms in total. The second-order valence-electron chi connectivity index (χ2n) is 4.40. The van der Waals surface area contributed by atoms with E-state index in [0.29, 0.717) is 0 Å². The molecule has 84 valence electrons. The van der Waals surface area contributed by atoms with Gasteiger partial charge in [0.25, 0.3) is 0 Å². The number of carbonyl (C=O) groups excluding carboxylic acids is 1. The summed E-state index contributed by atoms with van der Waals surface area (Å²) in [6, 6.07) is 0. The minimum Gasteiger partial charge on any atom is -0.389 e. The first-order chi connectivity index (χ1) is 6.60. The molecule has 0 aromatic heterocycles. The number of rotatable bonds is 0. The molecular weight excluding hydrogens is 196 g/mol. The molecule has 0 heterocycles. The average molecular weight is 212 g/mol. The third-order valence-electron chi connectivity index (χ3n) is 2.98. The van der Waals surface area contributed by atoms with E-state index in [0.717, 1.165) is 0 Å². The number of hydrogen-bond donors (Lipinski definition) is 3. The van der Waals surface area contributed by atoms with E-state index in [1.807, 2.05) is 0 Å². The largest absolute Gasteiger partial charge is 0.389 e. The standard InChI is InChI=1S/C11H16O4/c1-6-8(12)5-10(3,14)7(2)9(13)11(6,4)15/h8,12,14-15H,1-2,5H2,3-4H3. The number of ketones is 1. The van der Waals surface area contributed by atoms with Crippen LogP contribution in [0.4, 0.5) is 0 Å². The molecule has 1 fully saturated rings. The van der Waals surface area contributed by atoms with Gasteiger partial charge in [0.15, 0.2) is 5.78 Å². The van der Waals surface area contributed by atoms with E-state index in [-0.39, 0.29) is 17.6 Å². The first-order valence-corrected chi connectivity index (χ1v) is 4.67. The summed E-state index contributed by atoms with van der Waals surface area (Å²) in [5.74, 6) is -0.700. The van der Waals surface area contributed by atoms with Gasteiger partial charge in [-0.1, -0.05) is 13.2 Å². The molecule has 3 N–H and O–H groups in total. The fourth-order valence-electron chi connectivity index (χ4n) is 1.63. The highest BCUT2D eigenvalue weighted by molar-refractivity contribution is 6.05. The van der Waals surface area contributed by atoms with Crippen LogP contribution in [0.25, 0.3) is 0 Å². The Morgan fingerprint density at radius 2 is 1.80 bits per heavy atom. The van der Waals surface area contributed by atoms with Gasteiger partial charge in [-0.25, -0.2) is 0 Å². The predicted molar refractivity (Wildman–Crippen MR) is 55.2 cm³/mol. The molecule has 3 unspecified atom stereocenters. The highest BCUT2D eigenvalue weighted by Gasteiger charge is 2.47. The predicted octanol–water partition coefficient (Wildman–Crippen LogP) is -0.0655. The molecule has 0 amide bonds. The number of hydrogen-bond acceptors (Lipinski definition) is 4. The van der Waals surface area contributed by atoms with Crippen molar-refractivity contribution in [3.63, 3.8) is 0 Å². The highest BCUT2D eigenvalue weighted by atomic mass is 16.3. The summed E-state index contributed by atoms with van der Waals surface area (Å²) in [4.78, 5) is 11.8. The Morgan fingerprint density at radius 1 is 1.33 bits per heavy atom. The zero-order valence-electron chi connectivity index (χ0n) is 8.95. The summed E-state index contributed by atoms with van der Waals surface area (Å²) in [6.45, 7) is 9.57. The number of aliphatic hydroxyl groups excluding tert-OH is 1. The van der Waals surface area contributed by atoms with Crippen LogP contribution in [0, 0.1) is 0 Å². The molecule has 1 aliphatic rings. The van der Waals surface area contributed by atoms with Crippen LogP contribution in [-0.4, -0.2) is 38.4 Å². The molecule has 0 aromatic rings. The van der Waals surface area contributed by atoms with Crippen LogP contribution in [0.2, 0.25) is 0 Å². The first kappa shape index (κ1) is 12.1. The average Bonchev–Trinajstić information content (AvgIpc) is 2.14. The highest BCUT2D eigenvalue weighted by Crippen LogP contribution is 2.35. The van der Waals surface area contributed by atoms with Crippen molar-refractivity contribution in [3.05, 3.63) is 24.3 Å². The van der Waals surface area contributed by atoms with Gasteiger partial charge >= 0.3 is 0 Å². The molecule has 1 saturated carbocycles. The van der Waals surface area contributed by atoms with E-state index in [1.165, 1.54) is 13.8 Å². The van der Waals surface area contributed by atoms with Crippen molar-refractivity contribution >= 4 is 5.78 Å². The second kappa shape index (κ2) is 3.27. The third kappa shape index (κ3) is 1.76. The van der Waals surface area contributed by atoms with E-state index in [9.17, 15) is 20.1 Å². The van der Waals surface area contributed by atoms with Crippen molar-refractivity contribution in [2.45, 2.75) is 37.6 Å². The van der Waals surface area contributed by atoms with Crippen LogP contribution in [0.5, 0.6) is 0 Å². The van der Waals surface area contributed by atoms with Gasteiger partial charge in [-0.15, -0.1) is 0 Å². The normalized spacial score (nSPS) is 43.0. The van der Waals surface area contributed by atoms with Crippen molar-refractivity contribution in [3.8, 4) is 0 Å². The Hall–Kier alpha value is -0.970. The maximum absolute atomic E-state index is 11.8. The lowest BCUT2D eigenvalue weighted by Crippen LogP contribution is -2.41. The molecule has 4 heteroatoms. The van der Waals surface area contributed by atoms with Gasteiger partial charge in [0, 0.05) is 12.0 Å². The Labute approximate surface area is 88.5 Å². The lowest BCUT2D eigenvalue weighted by atomic mass is 9.87. The van der Waals surface area contributed by atoms with E-state index in [1.54, 1.807) is 0 Å². The Morgan fingerprint density at radius 3 is 2.27 bits per heavy atom. The van der Waals surface area contributed by atoms with Crippen molar-refractivity contribution in [1.82, 2.24) is 0 Å². The second-order valence-corrected chi connectivity index (χ2v) is 4.40. The Kier molecular flexibility index (Phi) is 2.63. The fraction of sp³-hybridized carbons (Fsp3) is 0.545. The number of carbonyl (C=O) groups is 1. The van der Waals surface area contributed by atoms with Crippen molar-refractivity contribution in [2.24, 2.45) is 0 Å². The van der Waals surface area contributed by atoms with Crippen LogP contribution in [0.1, 0.15) is 20.3 Å². The summed E-state index contributed by atoms with van der Waals surface area (Å²) < 4.78 is 0. The minimum absolute atomic E-state index is 0.00794. The van der Waals surface area contributed by atoms with Gasteiger partial charge < -0.3 is 15.3 Å².